The predicted octanol–water partition coefficient (Wildman–Crippen LogP) is 8.22. The quantitative estimate of drug-likeness (QED) is 0.127. The number of nitrogens with zero attached hydrogens (tertiary/aromatic N) is 4. The van der Waals surface area contributed by atoms with Crippen molar-refractivity contribution in [2.75, 3.05) is 20.6 Å². The van der Waals surface area contributed by atoms with E-state index < -0.39 is 0 Å². The molecule has 0 spiro atoms. The molecule has 1 atom stereocenters. The third-order valence-corrected chi connectivity index (χ3v) is 7.91. The van der Waals surface area contributed by atoms with Crippen LogP contribution in [0.5, 0.6) is 0 Å². The first-order chi connectivity index (χ1) is 21.2. The number of hydrogen-bond acceptors (Lipinski definition) is 5. The average molecular weight is 592 g/mol. The van der Waals surface area contributed by atoms with Gasteiger partial charge in [-0.1, -0.05) is 25.6 Å². The van der Waals surface area contributed by atoms with E-state index in [1.165, 1.54) is 0 Å². The molecule has 5 aromatic rings. The number of nitrogens with one attached hydrogen (secondary N) is 3. The molecule has 0 amide bonds. The van der Waals surface area contributed by atoms with Gasteiger partial charge < -0.3 is 15.2 Å². The van der Waals surface area contributed by atoms with Crippen molar-refractivity contribution in [2.45, 2.75) is 52.5 Å². The zero-order chi connectivity index (χ0) is 31.4. The lowest BCUT2D eigenvalue weighted by atomic mass is 9.90. The van der Waals surface area contributed by atoms with Gasteiger partial charge in [0, 0.05) is 23.3 Å². The second kappa shape index (κ2) is 13.4. The van der Waals surface area contributed by atoms with Gasteiger partial charge in [-0.05, 0) is 131 Å². The first kappa shape index (κ1) is 30.9. The highest BCUT2D eigenvalue weighted by Crippen LogP contribution is 2.35. The maximum atomic E-state index is 15.0. The van der Waals surface area contributed by atoms with Crippen LogP contribution in [0.3, 0.4) is 0 Å². The van der Waals surface area contributed by atoms with E-state index in [0.29, 0.717) is 11.3 Å². The van der Waals surface area contributed by atoms with Crippen LogP contribution in [0.4, 0.5) is 4.39 Å². The van der Waals surface area contributed by atoms with E-state index in [9.17, 15) is 0 Å². The number of halogens is 1. The van der Waals surface area contributed by atoms with Crippen LogP contribution in [-0.2, 0) is 0 Å². The van der Waals surface area contributed by atoms with Gasteiger partial charge in [-0.2, -0.15) is 5.10 Å². The first-order valence-electron chi connectivity index (χ1n) is 15.3. The molecular weight excluding hydrogens is 549 g/mol. The van der Waals surface area contributed by atoms with Gasteiger partial charge in [0.05, 0.1) is 16.9 Å². The van der Waals surface area contributed by atoms with Crippen LogP contribution < -0.4 is 5.32 Å². The van der Waals surface area contributed by atoms with Gasteiger partial charge in [-0.3, -0.25) is 5.10 Å². The number of benzene rings is 1. The topological polar surface area (TPSA) is 85.5 Å². The van der Waals surface area contributed by atoms with Crippen molar-refractivity contribution in [1.29, 1.82) is 0 Å². The highest BCUT2D eigenvalue weighted by Gasteiger charge is 2.18. The Balaban J connectivity index is 1.55. The minimum Gasteiger partial charge on any atom is -0.383 e. The molecule has 0 aliphatic heterocycles. The second-order valence-electron chi connectivity index (χ2n) is 11.8. The molecule has 4 aromatic heterocycles. The standard InChI is InChI=1S/C36H42FN7/c1-8-23(14-16-44(6)7)25-17-26(19-27(37)18-25)29-13-15-38-36-30(29)21-33(41-36)35-34-32(42-43-35)12-11-31(40-34)24(9-2)20-28(10-3)39-22(4)5/h9-13,15,17-23,39H,3,8,14,16H2,1-2,4-7H3,(H,38,41)(H,42,43)/b24-9+,28-20+. The molecule has 1 aromatic carbocycles. The number of rotatable bonds is 12. The van der Waals surface area contributed by atoms with E-state index in [2.05, 4.69) is 84.0 Å². The summed E-state index contributed by atoms with van der Waals surface area (Å²) in [5.74, 6) is 0.0517. The van der Waals surface area contributed by atoms with Gasteiger partial charge in [0.1, 0.15) is 22.7 Å². The van der Waals surface area contributed by atoms with Crippen molar-refractivity contribution in [3.63, 3.8) is 0 Å². The summed E-state index contributed by atoms with van der Waals surface area (Å²) in [6.45, 7) is 13.3. The number of aromatic amines is 2. The van der Waals surface area contributed by atoms with Crippen molar-refractivity contribution in [2.24, 2.45) is 0 Å². The van der Waals surface area contributed by atoms with Crippen LogP contribution in [0.25, 0.3) is 50.2 Å². The zero-order valence-corrected chi connectivity index (χ0v) is 26.5. The van der Waals surface area contributed by atoms with Crippen LogP contribution in [0.15, 0.2) is 79.2 Å². The normalized spacial score (nSPS) is 13.4. The third-order valence-electron chi connectivity index (χ3n) is 7.91. The molecule has 0 saturated carbocycles. The van der Waals surface area contributed by atoms with Crippen LogP contribution in [0.1, 0.15) is 57.7 Å². The summed E-state index contributed by atoms with van der Waals surface area (Å²) in [7, 11) is 4.14. The second-order valence-corrected chi connectivity index (χ2v) is 11.8. The van der Waals surface area contributed by atoms with Gasteiger partial charge in [0.15, 0.2) is 0 Å². The minimum atomic E-state index is -0.228. The Morgan fingerprint density at radius 2 is 1.95 bits per heavy atom. The van der Waals surface area contributed by atoms with E-state index in [-0.39, 0.29) is 17.8 Å². The van der Waals surface area contributed by atoms with Gasteiger partial charge in [0.2, 0.25) is 0 Å². The van der Waals surface area contributed by atoms with Crippen molar-refractivity contribution < 1.29 is 4.39 Å². The number of aromatic nitrogens is 5. The van der Waals surface area contributed by atoms with Crippen LogP contribution >= 0.6 is 0 Å². The summed E-state index contributed by atoms with van der Waals surface area (Å²) >= 11 is 0. The van der Waals surface area contributed by atoms with E-state index in [1.54, 1.807) is 18.3 Å². The van der Waals surface area contributed by atoms with Crippen molar-refractivity contribution in [1.82, 2.24) is 35.4 Å². The maximum Gasteiger partial charge on any atom is 0.138 e. The minimum absolute atomic E-state index is 0.228. The monoisotopic (exact) mass is 591 g/mol. The Morgan fingerprint density at radius 3 is 2.66 bits per heavy atom. The van der Waals surface area contributed by atoms with Crippen LogP contribution in [0, 0.1) is 5.82 Å². The lowest BCUT2D eigenvalue weighted by Gasteiger charge is -2.19. The Morgan fingerprint density at radius 1 is 1.14 bits per heavy atom. The number of hydrogen-bond donors (Lipinski definition) is 3. The van der Waals surface area contributed by atoms with Gasteiger partial charge in [0.25, 0.3) is 0 Å². The number of pyridine rings is 2. The van der Waals surface area contributed by atoms with E-state index >= 15 is 4.39 Å². The van der Waals surface area contributed by atoms with Gasteiger partial charge in [-0.15, -0.1) is 0 Å². The molecule has 0 fully saturated rings. The summed E-state index contributed by atoms with van der Waals surface area (Å²) in [4.78, 5) is 15.2. The number of H-pyrrole nitrogens is 2. The van der Waals surface area contributed by atoms with Crippen molar-refractivity contribution in [3.05, 3.63) is 96.2 Å². The molecule has 4 heterocycles. The third kappa shape index (κ3) is 6.65. The maximum absolute atomic E-state index is 15.0. The number of fused-ring (bicyclic) bond motifs is 2. The zero-order valence-electron chi connectivity index (χ0n) is 26.5. The fraction of sp³-hybridized carbons (Fsp3) is 0.306. The molecule has 0 aliphatic carbocycles. The van der Waals surface area contributed by atoms with E-state index in [1.807, 2.05) is 43.3 Å². The summed E-state index contributed by atoms with van der Waals surface area (Å²) in [6, 6.07) is 13.7. The predicted molar refractivity (Wildman–Crippen MR) is 181 cm³/mol. The number of allylic oxidation sites excluding steroid dienone is 4. The van der Waals surface area contributed by atoms with E-state index in [0.717, 1.165) is 75.2 Å². The Bertz CT molecular complexity index is 1840. The molecule has 1 unspecified atom stereocenters. The molecule has 0 saturated heterocycles. The Labute approximate surface area is 259 Å². The lowest BCUT2D eigenvalue weighted by molar-refractivity contribution is 0.377. The Kier molecular flexibility index (Phi) is 9.40. The van der Waals surface area contributed by atoms with E-state index in [4.69, 9.17) is 4.98 Å². The lowest BCUT2D eigenvalue weighted by Crippen LogP contribution is -2.20. The molecule has 0 aliphatic rings. The fourth-order valence-electron chi connectivity index (χ4n) is 5.64. The molecular formula is C36H42FN7. The van der Waals surface area contributed by atoms with Crippen molar-refractivity contribution in [3.8, 4) is 22.5 Å². The fourth-order valence-corrected chi connectivity index (χ4v) is 5.64. The first-order valence-corrected chi connectivity index (χ1v) is 15.3. The summed E-state index contributed by atoms with van der Waals surface area (Å²) in [6.07, 6.45) is 9.59. The Hall–Kier alpha value is -4.56. The van der Waals surface area contributed by atoms with Crippen LogP contribution in [0.2, 0.25) is 0 Å². The highest BCUT2D eigenvalue weighted by atomic mass is 19.1. The van der Waals surface area contributed by atoms with Gasteiger partial charge >= 0.3 is 0 Å². The molecule has 7 nitrogen and oxygen atoms in total. The smallest absolute Gasteiger partial charge is 0.138 e. The molecule has 0 radical (unpaired) electrons. The van der Waals surface area contributed by atoms with Gasteiger partial charge in [-0.25, -0.2) is 14.4 Å². The summed E-state index contributed by atoms with van der Waals surface area (Å²) in [5, 5.41) is 12.1. The van der Waals surface area contributed by atoms with Crippen LogP contribution in [-0.4, -0.2) is 56.7 Å². The summed E-state index contributed by atoms with van der Waals surface area (Å²) in [5.41, 5.74) is 9.29. The highest BCUT2D eigenvalue weighted by molar-refractivity contribution is 5.99. The molecule has 3 N–H and O–H groups in total. The molecule has 5 rings (SSSR count). The SMILES string of the molecule is C=C/C(=C\C(=C/C)c1ccc2[nH]nc(-c3cc4c(-c5cc(F)cc(C(CC)CCN(C)C)c5)ccnc4[nH]3)c2n1)NC(C)C. The molecule has 0 bridgehead atoms. The largest absolute Gasteiger partial charge is 0.383 e. The average Bonchev–Trinajstić information content (AvgIpc) is 3.62. The molecule has 44 heavy (non-hydrogen) atoms. The molecule has 228 valence electrons. The summed E-state index contributed by atoms with van der Waals surface area (Å²) < 4.78 is 15.0. The molecule has 8 heteroatoms. The van der Waals surface area contributed by atoms with Crippen molar-refractivity contribution >= 4 is 27.6 Å².